The SMILES string of the molecule is C/C1=C\C=C\[C@@H](C)[C@@]2(O)C[C@H](OC(=O)N2)[C@@H](C)C2O[C@@]2(C)[C@@H]2CC(=O)N(CC(=O)C(C)(O)C(=O)N(C)[C@@H](C)C(=O)O2)c2cc(cc(C)c2Cl)C1C.C/C1=C\C=C\[C@@H](C)[C@@]2(O)C[C@H](OC(=O)N2)[C@@H](C)C2O[C@@]2(C)[C@@H]2CC(=O)N(CC(O)C(C)(O)C(=O)C[C@@H](C)C(=O)O2)c2cc(cc(C)c2Cl)C1C. The molecule has 5 amide bonds. The number of epoxide rings is 2. The second kappa shape index (κ2) is 28.9. The monoisotopic (exact) mass is 1450 g/mol. The summed E-state index contributed by atoms with van der Waals surface area (Å²) in [5.74, 6) is -9.27. The predicted octanol–water partition coefficient (Wildman–Crippen LogP) is 7.94. The Morgan fingerprint density at radius 2 is 0.970 bits per heavy atom. The summed E-state index contributed by atoms with van der Waals surface area (Å²) in [6.45, 7) is 25.7. The van der Waals surface area contributed by atoms with Gasteiger partial charge in [-0.1, -0.05) is 131 Å². The Bertz CT molecular complexity index is 3810. The van der Waals surface area contributed by atoms with Gasteiger partial charge in [-0.15, -0.1) is 0 Å². The van der Waals surface area contributed by atoms with E-state index in [1.165, 1.54) is 25.8 Å². The van der Waals surface area contributed by atoms with Crippen LogP contribution in [0.2, 0.25) is 10.0 Å². The Morgan fingerprint density at radius 3 is 1.42 bits per heavy atom. The summed E-state index contributed by atoms with van der Waals surface area (Å²) >= 11 is 13.7. The Labute approximate surface area is 598 Å². The number of benzene rings is 2. The molecular weight excluding hydrogens is 1350 g/mol. The first kappa shape index (κ1) is 78.1. The number of Topliss-reactive ketones (excluding diaryl/α,β-unsaturated/α-hetero) is 2. The zero-order valence-electron chi connectivity index (χ0n) is 60.3. The van der Waals surface area contributed by atoms with Crippen LogP contribution >= 0.6 is 23.2 Å². The quantitative estimate of drug-likeness (QED) is 0.0569. The van der Waals surface area contributed by atoms with Gasteiger partial charge in [0, 0.05) is 61.8 Å². The first-order chi connectivity index (χ1) is 46.8. The summed E-state index contributed by atoms with van der Waals surface area (Å²) < 4.78 is 35.7. The number of ketones is 2. The first-order valence-electron chi connectivity index (χ1n) is 34.4. The van der Waals surface area contributed by atoms with Crippen molar-refractivity contribution in [2.75, 3.05) is 29.9 Å². The average Bonchev–Trinajstić information content (AvgIpc) is 1.52. The lowest BCUT2D eigenvalue weighted by molar-refractivity contribution is -0.169. The molecule has 10 rings (SSSR count). The fraction of sp³-hybridized carbons (Fsp3) is 0.608. The Hall–Kier alpha value is -7.07. The van der Waals surface area contributed by atoms with E-state index in [4.69, 9.17) is 51.6 Å². The van der Waals surface area contributed by atoms with Crippen LogP contribution in [0, 0.1) is 43.4 Å². The number of aliphatic hydroxyl groups is 5. The van der Waals surface area contributed by atoms with Gasteiger partial charge in [0.25, 0.3) is 5.91 Å². The lowest BCUT2D eigenvalue weighted by Gasteiger charge is -2.41. The number of amides is 5. The molecule has 2 aromatic carbocycles. The van der Waals surface area contributed by atoms with Gasteiger partial charge in [0.05, 0.1) is 65.5 Å². The highest BCUT2D eigenvalue weighted by Crippen LogP contribution is 2.52. The molecule has 552 valence electrons. The molecule has 7 N–H and O–H groups in total. The number of allylic oxidation sites excluding steroid dienone is 6. The number of carbonyl (C=O) groups excluding carboxylic acids is 9. The summed E-state index contributed by atoms with van der Waals surface area (Å²) in [7, 11) is 1.27. The van der Waals surface area contributed by atoms with Crippen LogP contribution in [0.3, 0.4) is 0 Å². The fourth-order valence-corrected chi connectivity index (χ4v) is 14.7. The number of ether oxygens (including phenoxy) is 6. The summed E-state index contributed by atoms with van der Waals surface area (Å²) in [5, 5.41) is 62.7. The van der Waals surface area contributed by atoms with Crippen molar-refractivity contribution < 1.29 is 97.1 Å². The molecule has 8 aliphatic heterocycles. The van der Waals surface area contributed by atoms with Crippen molar-refractivity contribution >= 4 is 88.0 Å². The van der Waals surface area contributed by atoms with Crippen LogP contribution in [0.1, 0.15) is 163 Å². The van der Waals surface area contributed by atoms with Gasteiger partial charge < -0.3 is 68.7 Å². The average molecular weight is 1450 g/mol. The van der Waals surface area contributed by atoms with Crippen molar-refractivity contribution in [3.05, 3.63) is 104 Å². The highest BCUT2D eigenvalue weighted by atomic mass is 35.5. The third kappa shape index (κ3) is 15.5. The molecule has 6 fully saturated rings. The Kier molecular flexibility index (Phi) is 22.3. The molecule has 0 aromatic heterocycles. The number of alkyl carbamates (subject to hydrolysis) is 2. The molecule has 0 aliphatic carbocycles. The Balaban J connectivity index is 0.000000235. The van der Waals surface area contributed by atoms with Crippen molar-refractivity contribution in [2.24, 2.45) is 29.6 Å². The molecule has 101 heavy (non-hydrogen) atoms. The summed E-state index contributed by atoms with van der Waals surface area (Å²) in [5.41, 5.74) is -5.57. The van der Waals surface area contributed by atoms with Crippen molar-refractivity contribution in [1.29, 1.82) is 0 Å². The van der Waals surface area contributed by atoms with Crippen LogP contribution in [0.25, 0.3) is 0 Å². The predicted molar refractivity (Wildman–Crippen MR) is 371 cm³/mol. The number of carbonyl (C=O) groups is 9. The molecule has 0 saturated carbocycles. The number of nitrogens with zero attached hydrogens (tertiary/aromatic N) is 3. The van der Waals surface area contributed by atoms with E-state index in [0.717, 1.165) is 45.9 Å². The minimum Gasteiger partial charge on any atom is -0.458 e. The number of aryl methyl sites for hydroxylation is 2. The van der Waals surface area contributed by atoms with E-state index < -0.39 is 198 Å². The normalized spacial score (nSPS) is 40.8. The molecule has 0 spiro atoms. The Morgan fingerprint density at radius 1 is 0.554 bits per heavy atom. The fourth-order valence-electron chi connectivity index (χ4n) is 14.2. The van der Waals surface area contributed by atoms with E-state index in [1.807, 2.05) is 58.1 Å². The minimum absolute atomic E-state index is 0.0210. The van der Waals surface area contributed by atoms with Gasteiger partial charge in [0.15, 0.2) is 11.6 Å². The zero-order valence-corrected chi connectivity index (χ0v) is 61.9. The van der Waals surface area contributed by atoms with E-state index in [9.17, 15) is 68.7 Å². The molecule has 6 saturated heterocycles. The molecule has 0 radical (unpaired) electrons. The largest absolute Gasteiger partial charge is 0.458 e. The van der Waals surface area contributed by atoms with Gasteiger partial charge >= 0.3 is 24.1 Å². The summed E-state index contributed by atoms with van der Waals surface area (Å²) in [4.78, 5) is 126. The van der Waals surface area contributed by atoms with Crippen molar-refractivity contribution in [2.45, 2.75) is 237 Å². The molecule has 7 unspecified atom stereocenters. The lowest BCUT2D eigenvalue weighted by Crippen LogP contribution is -2.61. The van der Waals surface area contributed by atoms with E-state index in [1.54, 1.807) is 85.8 Å². The highest BCUT2D eigenvalue weighted by Gasteiger charge is 2.66. The van der Waals surface area contributed by atoms with E-state index in [2.05, 4.69) is 10.6 Å². The number of hydrogen-bond acceptors (Lipinski definition) is 20. The van der Waals surface area contributed by atoms with Gasteiger partial charge in [-0.3, -0.25) is 39.4 Å². The third-order valence-corrected chi connectivity index (χ3v) is 23.6. The van der Waals surface area contributed by atoms with Gasteiger partial charge in [0.2, 0.25) is 17.4 Å². The summed E-state index contributed by atoms with van der Waals surface area (Å²) in [6, 6.07) is 5.96. The number of likely N-dealkylation sites (N-methyl/N-ethyl adjacent to an activating group) is 1. The van der Waals surface area contributed by atoms with Crippen molar-refractivity contribution in [3.63, 3.8) is 0 Å². The van der Waals surface area contributed by atoms with E-state index >= 15 is 0 Å². The van der Waals surface area contributed by atoms with Crippen LogP contribution in [0.15, 0.2) is 71.9 Å². The van der Waals surface area contributed by atoms with Crippen molar-refractivity contribution in [3.8, 4) is 0 Å². The number of esters is 2. The van der Waals surface area contributed by atoms with Crippen LogP contribution in [0.5, 0.6) is 0 Å². The minimum atomic E-state index is -2.60. The molecule has 25 nitrogen and oxygen atoms in total. The second-order valence-electron chi connectivity index (χ2n) is 30.0. The summed E-state index contributed by atoms with van der Waals surface area (Å²) in [6.07, 6.45) is 1.11. The number of rotatable bonds is 0. The molecule has 21 atom stereocenters. The van der Waals surface area contributed by atoms with Gasteiger partial charge in [-0.2, -0.15) is 0 Å². The number of nitrogens with one attached hydrogen (secondary N) is 2. The maximum absolute atomic E-state index is 14.5. The maximum Gasteiger partial charge on any atom is 0.409 e. The molecule has 8 heterocycles. The van der Waals surface area contributed by atoms with E-state index in [0.29, 0.717) is 11.1 Å². The van der Waals surface area contributed by atoms with Crippen LogP contribution in [-0.2, 0) is 62.0 Å². The van der Waals surface area contributed by atoms with E-state index in [-0.39, 0.29) is 46.1 Å². The van der Waals surface area contributed by atoms with Gasteiger partial charge in [0.1, 0.15) is 64.8 Å². The zero-order chi connectivity index (χ0) is 75.0. The molecule has 8 aliphatic rings. The third-order valence-electron chi connectivity index (χ3n) is 22.7. The standard InChI is InChI=1S/C37H48ClN3O10.C37H49ClN2O10/c1-18-11-10-12-20(3)37(48)16-26(49-34(46)39-37)22(5)31-36(8,51-31)28-15-29(43)41(25-14-24(21(18)4)13-19(2)30(25)38)17-27(42)35(7,47)33(45)40(9)23(6)32(44)50-28;1-18-10-9-11-21(4)37(47)16-26(48-34(45)39-37)23(6)32-36(8,50-32)29-15-30(43)40(25-14-24(22(18)5)12-19(2)31(25)38)17-28(42)35(7,46)27(41)13-20(3)33(44)49-29/h10-14,20-23,26,28,31,47-48H,15-17H2,1-9H3,(H,39,46);9-12,14,20-23,26,28-29,32,42,46-47H,13,15-17H2,1-8H3,(H,39,45)/b12-10+,18-11+;11-9+,18-10+/t20-,21?,22-,23+,26+,28+,31?,35?,36+,37+;20-,21-,22?,23-,26+,28?,29+,32?,35?,36+,37+/m11/s1. The maximum atomic E-state index is 14.5. The number of hydrogen-bond donors (Lipinski definition) is 7. The lowest BCUT2D eigenvalue weighted by atomic mass is 9.82. The number of anilines is 2. The van der Waals surface area contributed by atoms with Crippen LogP contribution < -0.4 is 20.4 Å². The van der Waals surface area contributed by atoms with Crippen LogP contribution in [0.4, 0.5) is 21.0 Å². The first-order valence-corrected chi connectivity index (χ1v) is 35.1. The number of halogens is 2. The van der Waals surface area contributed by atoms with Crippen molar-refractivity contribution in [1.82, 2.24) is 15.5 Å². The highest BCUT2D eigenvalue weighted by molar-refractivity contribution is 6.35. The number of aliphatic hydroxyl groups excluding tert-OH is 1. The topological polar surface area (TPSA) is 351 Å². The van der Waals surface area contributed by atoms with Gasteiger partial charge in [-0.05, 0) is 96.7 Å². The molecular formula is C74H97Cl2N5O20. The molecule has 12 bridgehead atoms. The second-order valence-corrected chi connectivity index (χ2v) is 30.8. The van der Waals surface area contributed by atoms with Gasteiger partial charge in [-0.25, -0.2) is 14.4 Å². The smallest absolute Gasteiger partial charge is 0.409 e. The van der Waals surface area contributed by atoms with Crippen LogP contribution in [-0.4, -0.2) is 187 Å². The molecule has 27 heteroatoms. The number of fused-ring (bicyclic) bond motifs is 20. The molecule has 2 aromatic rings.